The smallest absolute Gasteiger partial charge is 0.225 e. The Morgan fingerprint density at radius 3 is 2.52 bits per heavy atom. The van der Waals surface area contributed by atoms with Gasteiger partial charge in [-0.25, -0.2) is 0 Å². The molecular weight excluding hydrogens is 314 g/mol. The number of nitrogen functional groups attached to an aromatic ring is 1. The van der Waals surface area contributed by atoms with Gasteiger partial charge in [-0.2, -0.15) is 0 Å². The SMILES string of the molecule is Nc1ccc(CCNC(=O)C2CC(=O)N(Cc3ccccc3)C2)cc1. The molecule has 1 aliphatic rings. The molecular formula is C20H23N3O2. The van der Waals surface area contributed by atoms with Gasteiger partial charge in [0.05, 0.1) is 5.92 Å². The lowest BCUT2D eigenvalue weighted by Crippen LogP contribution is -2.34. The van der Waals surface area contributed by atoms with Crippen LogP contribution in [0.3, 0.4) is 0 Å². The number of anilines is 1. The van der Waals surface area contributed by atoms with Crippen molar-refractivity contribution < 1.29 is 9.59 Å². The number of nitrogens with two attached hydrogens (primary N) is 1. The summed E-state index contributed by atoms with van der Waals surface area (Å²) in [7, 11) is 0. The molecule has 0 radical (unpaired) electrons. The van der Waals surface area contributed by atoms with Crippen LogP contribution in [-0.4, -0.2) is 29.8 Å². The third-order valence-corrected chi connectivity index (χ3v) is 4.49. The van der Waals surface area contributed by atoms with Gasteiger partial charge in [-0.1, -0.05) is 42.5 Å². The fourth-order valence-electron chi connectivity index (χ4n) is 3.06. The maximum atomic E-state index is 12.3. The first kappa shape index (κ1) is 17.0. The molecule has 0 spiro atoms. The summed E-state index contributed by atoms with van der Waals surface area (Å²) in [6.45, 7) is 1.61. The van der Waals surface area contributed by atoms with E-state index in [1.165, 1.54) is 0 Å². The summed E-state index contributed by atoms with van der Waals surface area (Å²) in [5.41, 5.74) is 8.60. The van der Waals surface area contributed by atoms with Crippen LogP contribution in [0.2, 0.25) is 0 Å². The number of hydrogen-bond acceptors (Lipinski definition) is 3. The number of hydrogen-bond donors (Lipinski definition) is 2. The van der Waals surface area contributed by atoms with Gasteiger partial charge < -0.3 is 16.0 Å². The number of likely N-dealkylation sites (tertiary alicyclic amines) is 1. The van der Waals surface area contributed by atoms with Crippen LogP contribution < -0.4 is 11.1 Å². The van der Waals surface area contributed by atoms with E-state index < -0.39 is 0 Å². The topological polar surface area (TPSA) is 75.4 Å². The first-order valence-electron chi connectivity index (χ1n) is 8.55. The second kappa shape index (κ2) is 7.83. The van der Waals surface area contributed by atoms with E-state index in [0.717, 1.165) is 23.2 Å². The molecule has 2 aromatic carbocycles. The Hall–Kier alpha value is -2.82. The van der Waals surface area contributed by atoms with Gasteiger partial charge in [0.2, 0.25) is 11.8 Å². The lowest BCUT2D eigenvalue weighted by Gasteiger charge is -2.16. The quantitative estimate of drug-likeness (QED) is 0.792. The first-order valence-corrected chi connectivity index (χ1v) is 8.55. The van der Waals surface area contributed by atoms with E-state index in [0.29, 0.717) is 26.1 Å². The Morgan fingerprint density at radius 1 is 1.08 bits per heavy atom. The molecule has 0 aromatic heterocycles. The molecule has 3 N–H and O–H groups in total. The van der Waals surface area contributed by atoms with Crippen molar-refractivity contribution in [3.05, 3.63) is 65.7 Å². The van der Waals surface area contributed by atoms with E-state index in [1.807, 2.05) is 54.6 Å². The molecule has 3 rings (SSSR count). The molecule has 0 aliphatic carbocycles. The molecule has 1 atom stereocenters. The minimum atomic E-state index is -0.261. The zero-order valence-corrected chi connectivity index (χ0v) is 14.2. The maximum Gasteiger partial charge on any atom is 0.225 e. The Morgan fingerprint density at radius 2 is 1.80 bits per heavy atom. The highest BCUT2D eigenvalue weighted by Crippen LogP contribution is 2.20. The molecule has 1 heterocycles. The van der Waals surface area contributed by atoms with Crippen molar-refractivity contribution in [3.8, 4) is 0 Å². The maximum absolute atomic E-state index is 12.3. The highest BCUT2D eigenvalue weighted by Gasteiger charge is 2.33. The molecule has 130 valence electrons. The van der Waals surface area contributed by atoms with E-state index in [9.17, 15) is 9.59 Å². The first-order chi connectivity index (χ1) is 12.1. The number of amides is 2. The molecule has 0 saturated carbocycles. The van der Waals surface area contributed by atoms with Crippen LogP contribution in [0.4, 0.5) is 5.69 Å². The predicted octanol–water partition coefficient (Wildman–Crippen LogP) is 1.98. The Labute approximate surface area is 147 Å². The van der Waals surface area contributed by atoms with Crippen molar-refractivity contribution in [2.75, 3.05) is 18.8 Å². The Balaban J connectivity index is 1.46. The number of nitrogens with zero attached hydrogens (tertiary/aromatic N) is 1. The summed E-state index contributed by atoms with van der Waals surface area (Å²) in [6.07, 6.45) is 1.04. The van der Waals surface area contributed by atoms with Crippen LogP contribution >= 0.6 is 0 Å². The van der Waals surface area contributed by atoms with E-state index >= 15 is 0 Å². The third kappa shape index (κ3) is 4.59. The van der Waals surface area contributed by atoms with Crippen molar-refractivity contribution in [2.45, 2.75) is 19.4 Å². The lowest BCUT2D eigenvalue weighted by atomic mass is 10.1. The van der Waals surface area contributed by atoms with E-state index in [1.54, 1.807) is 4.90 Å². The fraction of sp³-hybridized carbons (Fsp3) is 0.300. The van der Waals surface area contributed by atoms with Crippen LogP contribution in [0.15, 0.2) is 54.6 Å². The Bertz CT molecular complexity index is 728. The molecule has 5 nitrogen and oxygen atoms in total. The lowest BCUT2D eigenvalue weighted by molar-refractivity contribution is -0.129. The van der Waals surface area contributed by atoms with Crippen molar-refractivity contribution >= 4 is 17.5 Å². The van der Waals surface area contributed by atoms with Crippen molar-refractivity contribution in [2.24, 2.45) is 5.92 Å². The number of rotatable bonds is 6. The van der Waals surface area contributed by atoms with Crippen LogP contribution in [-0.2, 0) is 22.6 Å². The summed E-state index contributed by atoms with van der Waals surface area (Å²) >= 11 is 0. The van der Waals surface area contributed by atoms with Gasteiger partial charge in [-0.15, -0.1) is 0 Å². The molecule has 2 aromatic rings. The Kier molecular flexibility index (Phi) is 5.33. The number of nitrogens with one attached hydrogen (secondary N) is 1. The van der Waals surface area contributed by atoms with Gasteiger partial charge in [0.25, 0.3) is 0 Å². The summed E-state index contributed by atoms with van der Waals surface area (Å²) < 4.78 is 0. The largest absolute Gasteiger partial charge is 0.399 e. The van der Waals surface area contributed by atoms with Crippen molar-refractivity contribution in [1.82, 2.24) is 10.2 Å². The second-order valence-electron chi connectivity index (χ2n) is 6.44. The zero-order chi connectivity index (χ0) is 17.6. The average Bonchev–Trinajstić information content (AvgIpc) is 2.98. The molecule has 1 aliphatic heterocycles. The predicted molar refractivity (Wildman–Crippen MR) is 97.5 cm³/mol. The minimum Gasteiger partial charge on any atom is -0.399 e. The van der Waals surface area contributed by atoms with Crippen molar-refractivity contribution in [3.63, 3.8) is 0 Å². The van der Waals surface area contributed by atoms with Gasteiger partial charge in [0.15, 0.2) is 0 Å². The summed E-state index contributed by atoms with van der Waals surface area (Å²) in [5, 5.41) is 2.94. The van der Waals surface area contributed by atoms with E-state index in [4.69, 9.17) is 5.73 Å². The van der Waals surface area contributed by atoms with Crippen LogP contribution in [0, 0.1) is 5.92 Å². The summed E-state index contributed by atoms with van der Waals surface area (Å²) in [4.78, 5) is 26.2. The molecule has 0 bridgehead atoms. The van der Waals surface area contributed by atoms with Gasteiger partial charge in [0, 0.05) is 31.7 Å². The second-order valence-corrected chi connectivity index (χ2v) is 6.44. The highest BCUT2D eigenvalue weighted by atomic mass is 16.2. The van der Waals surface area contributed by atoms with E-state index in [-0.39, 0.29) is 17.7 Å². The summed E-state index contributed by atoms with van der Waals surface area (Å²) in [6, 6.07) is 17.5. The molecule has 5 heteroatoms. The third-order valence-electron chi connectivity index (χ3n) is 4.49. The molecule has 1 saturated heterocycles. The number of carbonyl (C=O) groups excluding carboxylic acids is 2. The normalized spacial score (nSPS) is 16.9. The van der Waals surface area contributed by atoms with Gasteiger partial charge in [-0.3, -0.25) is 9.59 Å². The van der Waals surface area contributed by atoms with Crippen molar-refractivity contribution in [1.29, 1.82) is 0 Å². The molecule has 2 amide bonds. The summed E-state index contributed by atoms with van der Waals surface area (Å²) in [5.74, 6) is -0.260. The van der Waals surface area contributed by atoms with Crippen LogP contribution in [0.1, 0.15) is 17.5 Å². The van der Waals surface area contributed by atoms with Gasteiger partial charge in [-0.05, 0) is 29.7 Å². The number of carbonyl (C=O) groups is 2. The monoisotopic (exact) mass is 337 g/mol. The van der Waals surface area contributed by atoms with Gasteiger partial charge >= 0.3 is 0 Å². The highest BCUT2D eigenvalue weighted by molar-refractivity contribution is 5.89. The average molecular weight is 337 g/mol. The van der Waals surface area contributed by atoms with Crippen LogP contribution in [0.5, 0.6) is 0 Å². The number of benzene rings is 2. The molecule has 1 unspecified atom stereocenters. The standard InChI is InChI=1S/C20H23N3O2/c21-18-8-6-15(7-9-18)10-11-22-20(25)17-12-19(24)23(14-17)13-16-4-2-1-3-5-16/h1-9,17H,10-14,21H2,(H,22,25). The minimum absolute atomic E-state index is 0.0423. The van der Waals surface area contributed by atoms with E-state index in [2.05, 4.69) is 5.32 Å². The molecule has 1 fully saturated rings. The fourth-order valence-corrected chi connectivity index (χ4v) is 3.06. The zero-order valence-electron chi connectivity index (χ0n) is 14.2. The molecule has 25 heavy (non-hydrogen) atoms. The van der Waals surface area contributed by atoms with Gasteiger partial charge in [0.1, 0.15) is 0 Å². The van der Waals surface area contributed by atoms with Crippen LogP contribution in [0.25, 0.3) is 0 Å².